The van der Waals surface area contributed by atoms with Crippen LogP contribution in [0.4, 0.5) is 4.79 Å². The summed E-state index contributed by atoms with van der Waals surface area (Å²) in [6.07, 6.45) is 0.160. The first-order valence-corrected chi connectivity index (χ1v) is 3.47. The van der Waals surface area contributed by atoms with Gasteiger partial charge in [-0.1, -0.05) is 0 Å². The fourth-order valence-corrected chi connectivity index (χ4v) is 0.954. The first kappa shape index (κ1) is 7.53. The Morgan fingerprint density at radius 3 is 3.15 bits per heavy atom. The highest BCUT2D eigenvalue weighted by Gasteiger charge is 2.06. The van der Waals surface area contributed by atoms with Crippen molar-refractivity contribution in [2.75, 3.05) is 0 Å². The van der Waals surface area contributed by atoms with E-state index >= 15 is 0 Å². The molecule has 0 bridgehead atoms. The molecule has 0 atom stereocenters. The van der Waals surface area contributed by atoms with Crippen molar-refractivity contribution in [3.63, 3.8) is 0 Å². The Labute approximate surface area is 72.2 Å². The molecule has 0 unspecified atom stereocenters. The molecular formula is C7H5N3O3. The van der Waals surface area contributed by atoms with Gasteiger partial charge in [-0.05, 0) is 12.1 Å². The number of fused-ring (bicyclic) bond motifs is 1. The summed E-state index contributed by atoms with van der Waals surface area (Å²) in [6.45, 7) is 0. The number of aromatic nitrogens is 3. The van der Waals surface area contributed by atoms with E-state index < -0.39 is 6.16 Å². The molecule has 0 fully saturated rings. The lowest BCUT2D eigenvalue weighted by Gasteiger charge is -1.89. The third kappa shape index (κ3) is 1.41. The van der Waals surface area contributed by atoms with E-state index in [0.717, 1.165) is 0 Å². The number of H-pyrrole nitrogens is 1. The van der Waals surface area contributed by atoms with Crippen LogP contribution in [0.3, 0.4) is 0 Å². The number of ether oxygens (including phenoxy) is 1. The van der Waals surface area contributed by atoms with Crippen molar-refractivity contribution in [3.05, 3.63) is 18.3 Å². The summed E-state index contributed by atoms with van der Waals surface area (Å²) in [4.78, 5) is 20.5. The van der Waals surface area contributed by atoms with Crippen molar-refractivity contribution in [3.8, 4) is 6.01 Å². The number of aromatic amines is 1. The Balaban J connectivity index is 2.44. The molecule has 2 aromatic heterocycles. The summed E-state index contributed by atoms with van der Waals surface area (Å²) in [7, 11) is 0. The molecule has 2 aromatic rings. The van der Waals surface area contributed by atoms with Crippen LogP contribution in [0.5, 0.6) is 6.01 Å². The van der Waals surface area contributed by atoms with Crippen molar-refractivity contribution >= 4 is 17.3 Å². The number of hydrogen-bond acceptors (Lipinski definition) is 4. The monoisotopic (exact) mass is 179 g/mol. The van der Waals surface area contributed by atoms with Crippen LogP contribution >= 0.6 is 0 Å². The van der Waals surface area contributed by atoms with Crippen LogP contribution in [0.1, 0.15) is 0 Å². The van der Waals surface area contributed by atoms with Gasteiger partial charge in [0, 0.05) is 6.20 Å². The number of rotatable bonds is 1. The minimum atomic E-state index is -1.40. The van der Waals surface area contributed by atoms with Crippen LogP contribution in [0.15, 0.2) is 18.3 Å². The van der Waals surface area contributed by atoms with Gasteiger partial charge in [-0.2, -0.15) is 4.98 Å². The van der Waals surface area contributed by atoms with Crippen LogP contribution in [0.25, 0.3) is 11.2 Å². The molecule has 6 nitrogen and oxygen atoms in total. The molecule has 6 heteroatoms. The van der Waals surface area contributed by atoms with Gasteiger partial charge < -0.3 is 14.8 Å². The Morgan fingerprint density at radius 2 is 2.46 bits per heavy atom. The molecule has 66 valence electrons. The largest absolute Gasteiger partial charge is 0.513 e. The Hall–Kier alpha value is -2.11. The smallest absolute Gasteiger partial charge is 0.449 e. The maximum Gasteiger partial charge on any atom is 0.513 e. The van der Waals surface area contributed by atoms with Crippen LogP contribution in [-0.2, 0) is 0 Å². The van der Waals surface area contributed by atoms with Crippen molar-refractivity contribution in [2.24, 2.45) is 0 Å². The number of nitrogens with one attached hydrogen (secondary N) is 1. The summed E-state index contributed by atoms with van der Waals surface area (Å²) in [6, 6.07) is 3.37. The number of pyridine rings is 1. The van der Waals surface area contributed by atoms with E-state index in [9.17, 15) is 4.79 Å². The second kappa shape index (κ2) is 2.74. The van der Waals surface area contributed by atoms with Gasteiger partial charge in [0.1, 0.15) is 0 Å². The zero-order chi connectivity index (χ0) is 9.26. The number of carboxylic acid groups (broad SMARTS) is 1. The predicted molar refractivity (Wildman–Crippen MR) is 42.5 cm³/mol. The third-order valence-corrected chi connectivity index (χ3v) is 1.42. The van der Waals surface area contributed by atoms with E-state index in [2.05, 4.69) is 19.7 Å². The van der Waals surface area contributed by atoms with E-state index in [1.165, 1.54) is 0 Å². The lowest BCUT2D eigenvalue weighted by atomic mass is 10.4. The van der Waals surface area contributed by atoms with Gasteiger partial charge in [0.25, 0.3) is 0 Å². The summed E-state index contributed by atoms with van der Waals surface area (Å²) in [5.41, 5.74) is 1.07. The zero-order valence-electron chi connectivity index (χ0n) is 6.39. The zero-order valence-corrected chi connectivity index (χ0v) is 6.39. The lowest BCUT2D eigenvalue weighted by Crippen LogP contribution is -2.03. The molecule has 0 aliphatic heterocycles. The molecule has 0 aliphatic carbocycles. The van der Waals surface area contributed by atoms with Gasteiger partial charge >= 0.3 is 12.2 Å². The molecule has 2 rings (SSSR count). The van der Waals surface area contributed by atoms with Crippen molar-refractivity contribution in [1.82, 2.24) is 15.0 Å². The molecular weight excluding hydrogens is 174 g/mol. The first-order valence-electron chi connectivity index (χ1n) is 3.47. The van der Waals surface area contributed by atoms with Gasteiger partial charge in [-0.25, -0.2) is 9.78 Å². The highest BCUT2D eigenvalue weighted by atomic mass is 16.7. The van der Waals surface area contributed by atoms with Crippen LogP contribution in [0, 0.1) is 0 Å². The molecule has 2 N–H and O–H groups in total. The molecule has 0 aliphatic rings. The summed E-state index contributed by atoms with van der Waals surface area (Å²) >= 11 is 0. The minimum Gasteiger partial charge on any atom is -0.449 e. The molecule has 0 saturated carbocycles. The van der Waals surface area contributed by atoms with E-state index in [4.69, 9.17) is 5.11 Å². The third-order valence-electron chi connectivity index (χ3n) is 1.42. The van der Waals surface area contributed by atoms with Gasteiger partial charge in [0.15, 0.2) is 5.65 Å². The average molecular weight is 179 g/mol. The van der Waals surface area contributed by atoms with Crippen LogP contribution in [-0.4, -0.2) is 26.2 Å². The second-order valence-corrected chi connectivity index (χ2v) is 2.28. The maximum atomic E-state index is 10.1. The molecule has 0 saturated heterocycles. The quantitative estimate of drug-likeness (QED) is 0.638. The van der Waals surface area contributed by atoms with Gasteiger partial charge in [-0.15, -0.1) is 0 Å². The lowest BCUT2D eigenvalue weighted by molar-refractivity contribution is 0.141. The van der Waals surface area contributed by atoms with Crippen molar-refractivity contribution in [1.29, 1.82) is 0 Å². The van der Waals surface area contributed by atoms with E-state index in [0.29, 0.717) is 11.2 Å². The molecule has 0 radical (unpaired) electrons. The molecule has 0 spiro atoms. The Bertz CT molecular complexity index is 418. The number of hydrogen-bond donors (Lipinski definition) is 2. The summed E-state index contributed by atoms with van der Waals surface area (Å²) in [5, 5.41) is 8.29. The SMILES string of the molecule is O=C(O)Oc1nc2ncccc2[nH]1. The number of imidazole rings is 1. The highest BCUT2D eigenvalue weighted by molar-refractivity contribution is 5.71. The highest BCUT2D eigenvalue weighted by Crippen LogP contribution is 2.12. The molecule has 0 aromatic carbocycles. The van der Waals surface area contributed by atoms with Crippen molar-refractivity contribution in [2.45, 2.75) is 0 Å². The van der Waals surface area contributed by atoms with Crippen LogP contribution in [0.2, 0.25) is 0 Å². The summed E-state index contributed by atoms with van der Waals surface area (Å²) < 4.78 is 4.31. The van der Waals surface area contributed by atoms with E-state index in [1.54, 1.807) is 18.3 Å². The normalized spacial score (nSPS) is 10.2. The Morgan fingerprint density at radius 1 is 1.62 bits per heavy atom. The fraction of sp³-hybridized carbons (Fsp3) is 0. The minimum absolute atomic E-state index is 0.0683. The predicted octanol–water partition coefficient (Wildman–Crippen LogP) is 1.01. The fourth-order valence-electron chi connectivity index (χ4n) is 0.954. The Kier molecular flexibility index (Phi) is 1.59. The number of carbonyl (C=O) groups is 1. The van der Waals surface area contributed by atoms with Crippen LogP contribution < -0.4 is 4.74 Å². The average Bonchev–Trinajstić information content (AvgIpc) is 2.44. The molecule has 2 heterocycles. The summed E-state index contributed by atoms with van der Waals surface area (Å²) in [5.74, 6) is 0. The van der Waals surface area contributed by atoms with Gasteiger partial charge in [-0.3, -0.25) is 0 Å². The molecule has 0 amide bonds. The van der Waals surface area contributed by atoms with E-state index in [-0.39, 0.29) is 6.01 Å². The second-order valence-electron chi connectivity index (χ2n) is 2.28. The van der Waals surface area contributed by atoms with E-state index in [1.807, 2.05) is 0 Å². The van der Waals surface area contributed by atoms with Gasteiger partial charge in [0.2, 0.25) is 0 Å². The standard InChI is InChI=1S/C7H5N3O3/c11-7(12)13-6-9-4-2-1-3-8-5(4)10-6/h1-3H,(H,11,12)(H,8,9,10). The topological polar surface area (TPSA) is 88.1 Å². The van der Waals surface area contributed by atoms with Gasteiger partial charge in [0.05, 0.1) is 5.52 Å². The first-order chi connectivity index (χ1) is 6.25. The maximum absolute atomic E-state index is 10.1. The van der Waals surface area contributed by atoms with Crippen molar-refractivity contribution < 1.29 is 14.6 Å². The number of nitrogens with zero attached hydrogens (tertiary/aromatic N) is 2. The molecule has 13 heavy (non-hydrogen) atoms.